The van der Waals surface area contributed by atoms with Gasteiger partial charge in [0.1, 0.15) is 5.75 Å². The van der Waals surface area contributed by atoms with E-state index in [0.29, 0.717) is 24.5 Å². The van der Waals surface area contributed by atoms with Crippen molar-refractivity contribution >= 4 is 29.1 Å². The molecule has 2 aliphatic heterocycles. The predicted octanol–water partition coefficient (Wildman–Crippen LogP) is 2.91. The average molecular weight is 466 g/mol. The lowest BCUT2D eigenvalue weighted by atomic mass is 10.1. The summed E-state index contributed by atoms with van der Waals surface area (Å²) in [5.41, 5.74) is 2.55. The minimum atomic E-state index is -0.375. The highest BCUT2D eigenvalue weighted by Gasteiger charge is 2.35. The van der Waals surface area contributed by atoms with E-state index in [-0.39, 0.29) is 42.8 Å². The zero-order chi connectivity index (χ0) is 23.9. The molecule has 2 N–H and O–H groups in total. The van der Waals surface area contributed by atoms with Gasteiger partial charge >= 0.3 is 0 Å². The molecule has 180 valence electrons. The fraction of sp³-hybridized carbons (Fsp3) is 0.423. The van der Waals surface area contributed by atoms with Crippen molar-refractivity contribution in [3.8, 4) is 5.75 Å². The van der Waals surface area contributed by atoms with Crippen molar-refractivity contribution in [2.75, 3.05) is 36.5 Å². The highest BCUT2D eigenvalue weighted by Crippen LogP contribution is 2.27. The summed E-state index contributed by atoms with van der Waals surface area (Å²) in [6.07, 6.45) is 3.07. The number of hydrogen-bond donors (Lipinski definition) is 2. The van der Waals surface area contributed by atoms with E-state index in [0.717, 1.165) is 37.1 Å². The molecule has 0 aromatic heterocycles. The van der Waals surface area contributed by atoms with E-state index < -0.39 is 0 Å². The lowest BCUT2D eigenvalue weighted by molar-refractivity contribution is -0.126. The van der Waals surface area contributed by atoms with Crippen LogP contribution in [-0.2, 0) is 25.5 Å². The first-order chi connectivity index (χ1) is 16.5. The van der Waals surface area contributed by atoms with Crippen LogP contribution in [0.3, 0.4) is 0 Å². The zero-order valence-electron chi connectivity index (χ0n) is 19.4. The Balaban J connectivity index is 1.26. The number of aryl methyl sites for hydroxylation is 1. The summed E-state index contributed by atoms with van der Waals surface area (Å²) in [5, 5.41) is 5.79. The van der Waals surface area contributed by atoms with Gasteiger partial charge in [0, 0.05) is 37.5 Å². The lowest BCUT2D eigenvalue weighted by Crippen LogP contribution is -2.37. The van der Waals surface area contributed by atoms with Crippen molar-refractivity contribution in [2.24, 2.45) is 5.92 Å². The van der Waals surface area contributed by atoms with Gasteiger partial charge in [-0.05, 0) is 55.2 Å². The molecule has 8 heteroatoms. The molecule has 2 aromatic rings. The Morgan fingerprint density at radius 3 is 2.68 bits per heavy atom. The normalized spacial score (nSPS) is 19.8. The predicted molar refractivity (Wildman–Crippen MR) is 129 cm³/mol. The molecule has 8 nitrogen and oxygen atoms in total. The molecule has 2 saturated heterocycles. The van der Waals surface area contributed by atoms with Gasteiger partial charge in [0.2, 0.25) is 11.8 Å². The summed E-state index contributed by atoms with van der Waals surface area (Å²) >= 11 is 0. The number of para-hydroxylation sites is 1. The molecule has 2 aromatic carbocycles. The van der Waals surface area contributed by atoms with E-state index in [9.17, 15) is 14.4 Å². The minimum absolute atomic E-state index is 0.0770. The number of carbonyl (C=O) groups is 3. The van der Waals surface area contributed by atoms with Crippen molar-refractivity contribution in [3.05, 3.63) is 54.1 Å². The Hall–Kier alpha value is -3.39. The minimum Gasteiger partial charge on any atom is -0.484 e. The molecule has 3 amide bonds. The zero-order valence-corrected chi connectivity index (χ0v) is 19.4. The van der Waals surface area contributed by atoms with E-state index >= 15 is 0 Å². The van der Waals surface area contributed by atoms with E-state index in [1.807, 2.05) is 31.2 Å². The van der Waals surface area contributed by atoms with E-state index in [1.165, 1.54) is 0 Å². The number of ether oxygens (including phenoxy) is 2. The second kappa shape index (κ2) is 11.2. The van der Waals surface area contributed by atoms with Gasteiger partial charge in [-0.15, -0.1) is 0 Å². The first-order valence-electron chi connectivity index (χ1n) is 11.8. The van der Waals surface area contributed by atoms with Crippen LogP contribution in [0.25, 0.3) is 0 Å². The summed E-state index contributed by atoms with van der Waals surface area (Å²) in [7, 11) is 0. The van der Waals surface area contributed by atoms with Crippen LogP contribution in [0.1, 0.15) is 31.7 Å². The number of carbonyl (C=O) groups excluding carboxylic acids is 3. The number of rotatable bonds is 9. The maximum Gasteiger partial charge on any atom is 0.262 e. The van der Waals surface area contributed by atoms with Gasteiger partial charge in [0.15, 0.2) is 6.61 Å². The summed E-state index contributed by atoms with van der Waals surface area (Å²) < 4.78 is 11.1. The molecule has 0 aliphatic carbocycles. The highest BCUT2D eigenvalue weighted by atomic mass is 16.5. The van der Waals surface area contributed by atoms with E-state index in [4.69, 9.17) is 9.47 Å². The Kier molecular flexibility index (Phi) is 7.80. The average Bonchev–Trinajstić information content (AvgIpc) is 3.52. The van der Waals surface area contributed by atoms with Crippen LogP contribution in [0.2, 0.25) is 0 Å². The first-order valence-corrected chi connectivity index (χ1v) is 11.8. The van der Waals surface area contributed by atoms with Gasteiger partial charge in [-0.3, -0.25) is 14.4 Å². The number of nitrogens with one attached hydrogen (secondary N) is 2. The number of nitrogens with zero attached hydrogens (tertiary/aromatic N) is 1. The fourth-order valence-electron chi connectivity index (χ4n) is 4.30. The molecule has 0 spiro atoms. The third kappa shape index (κ3) is 5.94. The van der Waals surface area contributed by atoms with Crippen molar-refractivity contribution < 1.29 is 23.9 Å². The van der Waals surface area contributed by atoms with Crippen LogP contribution in [0.5, 0.6) is 5.75 Å². The largest absolute Gasteiger partial charge is 0.484 e. The van der Waals surface area contributed by atoms with Gasteiger partial charge in [-0.1, -0.05) is 25.1 Å². The number of hydrogen-bond acceptors (Lipinski definition) is 5. The number of anilines is 2. The Morgan fingerprint density at radius 2 is 1.94 bits per heavy atom. The van der Waals surface area contributed by atoms with Gasteiger partial charge in [0.05, 0.1) is 12.0 Å². The van der Waals surface area contributed by atoms with Gasteiger partial charge < -0.3 is 25.0 Å². The molecule has 4 rings (SSSR count). The van der Waals surface area contributed by atoms with Crippen LogP contribution in [-0.4, -0.2) is 50.1 Å². The second-order valence-electron chi connectivity index (χ2n) is 8.63. The number of amides is 3. The first kappa shape index (κ1) is 23.8. The molecule has 0 radical (unpaired) electrons. The second-order valence-corrected chi connectivity index (χ2v) is 8.63. The van der Waals surface area contributed by atoms with Crippen LogP contribution < -0.4 is 20.3 Å². The van der Waals surface area contributed by atoms with Crippen LogP contribution >= 0.6 is 0 Å². The van der Waals surface area contributed by atoms with Crippen molar-refractivity contribution in [1.82, 2.24) is 5.32 Å². The molecule has 2 aliphatic rings. The van der Waals surface area contributed by atoms with Gasteiger partial charge in [0.25, 0.3) is 5.91 Å². The van der Waals surface area contributed by atoms with E-state index in [2.05, 4.69) is 10.6 Å². The van der Waals surface area contributed by atoms with Crippen LogP contribution in [0.15, 0.2) is 48.5 Å². The highest BCUT2D eigenvalue weighted by molar-refractivity contribution is 6.00. The summed E-state index contributed by atoms with van der Waals surface area (Å²) in [6.45, 7) is 3.50. The van der Waals surface area contributed by atoms with Crippen molar-refractivity contribution in [1.29, 1.82) is 0 Å². The Bertz CT molecular complexity index is 1020. The smallest absolute Gasteiger partial charge is 0.262 e. The molecule has 0 bridgehead atoms. The topological polar surface area (TPSA) is 97.0 Å². The van der Waals surface area contributed by atoms with Crippen molar-refractivity contribution in [3.63, 3.8) is 0 Å². The Labute approximate surface area is 199 Å². The molecule has 2 atom stereocenters. The molecular formula is C26H31N3O5. The van der Waals surface area contributed by atoms with Crippen molar-refractivity contribution in [2.45, 2.75) is 38.7 Å². The third-order valence-corrected chi connectivity index (χ3v) is 6.21. The fourth-order valence-corrected chi connectivity index (χ4v) is 4.30. The summed E-state index contributed by atoms with van der Waals surface area (Å²) in [5.74, 6) is -0.280. The molecule has 0 unspecified atom stereocenters. The summed E-state index contributed by atoms with van der Waals surface area (Å²) in [6, 6.07) is 14.7. The monoisotopic (exact) mass is 465 g/mol. The molecular weight excluding hydrogens is 434 g/mol. The lowest BCUT2D eigenvalue weighted by Gasteiger charge is -2.18. The SMILES string of the molecule is CCc1ccccc1NC(=O)COc1ccc(N2C[C@@H](C(=O)NC[C@@H]3CCCO3)CC2=O)cc1. The maximum absolute atomic E-state index is 12.5. The van der Waals surface area contributed by atoms with E-state index in [1.54, 1.807) is 29.2 Å². The molecule has 2 fully saturated rings. The number of benzene rings is 2. The molecule has 2 heterocycles. The maximum atomic E-state index is 12.5. The molecule has 34 heavy (non-hydrogen) atoms. The standard InChI is InChI=1S/C26H31N3O5/c1-2-18-6-3-4-8-23(18)28-24(30)17-34-21-11-9-20(10-12-21)29-16-19(14-25(29)31)26(32)27-15-22-7-5-13-33-22/h3-4,6,8-12,19,22H,2,5,7,13-17H2,1H3,(H,27,32)(H,28,30)/t19-,22-/m0/s1. The third-order valence-electron chi connectivity index (χ3n) is 6.21. The quantitative estimate of drug-likeness (QED) is 0.594. The summed E-state index contributed by atoms with van der Waals surface area (Å²) in [4.78, 5) is 38.9. The van der Waals surface area contributed by atoms with Crippen LogP contribution in [0.4, 0.5) is 11.4 Å². The Morgan fingerprint density at radius 1 is 1.15 bits per heavy atom. The van der Waals surface area contributed by atoms with Gasteiger partial charge in [-0.25, -0.2) is 0 Å². The van der Waals surface area contributed by atoms with Gasteiger partial charge in [-0.2, -0.15) is 0 Å². The van der Waals surface area contributed by atoms with Crippen LogP contribution in [0, 0.1) is 5.92 Å². The molecule has 0 saturated carbocycles.